The van der Waals surface area contributed by atoms with Gasteiger partial charge in [-0.05, 0) is 39.8 Å². The minimum absolute atomic E-state index is 0.0534. The van der Waals surface area contributed by atoms with Crippen molar-refractivity contribution < 1.29 is 28.6 Å². The number of nitrogens with zero attached hydrogens (tertiary/aromatic N) is 1. The van der Waals surface area contributed by atoms with Gasteiger partial charge in [0.25, 0.3) is 5.91 Å². The molecule has 8 nitrogen and oxygen atoms in total. The fourth-order valence-electron chi connectivity index (χ4n) is 3.23. The van der Waals surface area contributed by atoms with Gasteiger partial charge in [-0.3, -0.25) is 9.59 Å². The Morgan fingerprint density at radius 2 is 1.79 bits per heavy atom. The molecule has 1 aliphatic rings. The maximum Gasteiger partial charge on any atom is 0.340 e. The Bertz CT molecular complexity index is 960. The van der Waals surface area contributed by atoms with Crippen molar-refractivity contribution in [2.45, 2.75) is 34.2 Å². The van der Waals surface area contributed by atoms with Gasteiger partial charge < -0.3 is 24.1 Å². The van der Waals surface area contributed by atoms with Crippen LogP contribution in [0.2, 0.25) is 0 Å². The average Bonchev–Trinajstić information content (AvgIpc) is 3.22. The van der Waals surface area contributed by atoms with E-state index in [0.29, 0.717) is 17.1 Å². The Kier molecular flexibility index (Phi) is 5.39. The summed E-state index contributed by atoms with van der Waals surface area (Å²) in [6.07, 6.45) is 0. The number of ketones is 1. The summed E-state index contributed by atoms with van der Waals surface area (Å²) in [5.41, 5.74) is 2.74. The van der Waals surface area contributed by atoms with Crippen molar-refractivity contribution in [3.8, 4) is 11.5 Å². The summed E-state index contributed by atoms with van der Waals surface area (Å²) in [6, 6.07) is 4.78. The number of anilines is 1. The SMILES string of the molecule is CCn1c(C)cc(C(=O)OCC(=O)Nc2cc3c(cc2C(C)=O)OCO3)c1C. The van der Waals surface area contributed by atoms with Crippen LogP contribution in [0.5, 0.6) is 11.5 Å². The quantitative estimate of drug-likeness (QED) is 0.606. The molecule has 0 spiro atoms. The molecule has 0 radical (unpaired) electrons. The highest BCUT2D eigenvalue weighted by molar-refractivity contribution is 6.05. The molecular weight excluding hydrogens is 364 g/mol. The van der Waals surface area contributed by atoms with E-state index in [1.165, 1.54) is 19.1 Å². The van der Waals surface area contributed by atoms with Crippen LogP contribution in [-0.2, 0) is 16.1 Å². The summed E-state index contributed by atoms with van der Waals surface area (Å²) in [5.74, 6) is -0.484. The molecule has 1 amide bonds. The molecule has 3 rings (SSSR count). The van der Waals surface area contributed by atoms with E-state index in [-0.39, 0.29) is 23.8 Å². The molecule has 148 valence electrons. The van der Waals surface area contributed by atoms with Gasteiger partial charge in [0.1, 0.15) is 0 Å². The number of nitrogens with one attached hydrogen (secondary N) is 1. The Hall–Kier alpha value is -3.29. The molecule has 0 saturated heterocycles. The van der Waals surface area contributed by atoms with Gasteiger partial charge in [-0.15, -0.1) is 0 Å². The molecule has 1 aromatic heterocycles. The first kappa shape index (κ1) is 19.5. The summed E-state index contributed by atoms with van der Waals surface area (Å²) < 4.78 is 17.7. The van der Waals surface area contributed by atoms with Crippen molar-refractivity contribution in [1.82, 2.24) is 4.57 Å². The predicted octanol–water partition coefficient (Wildman–Crippen LogP) is 2.85. The third-order valence-electron chi connectivity index (χ3n) is 4.61. The van der Waals surface area contributed by atoms with Crippen LogP contribution in [0.25, 0.3) is 0 Å². The topological polar surface area (TPSA) is 95.9 Å². The van der Waals surface area contributed by atoms with Gasteiger partial charge >= 0.3 is 5.97 Å². The number of carbonyl (C=O) groups excluding carboxylic acids is 3. The maximum absolute atomic E-state index is 12.3. The number of esters is 1. The van der Waals surface area contributed by atoms with E-state index in [2.05, 4.69) is 5.32 Å². The lowest BCUT2D eigenvalue weighted by Crippen LogP contribution is -2.22. The minimum atomic E-state index is -0.569. The first-order valence-corrected chi connectivity index (χ1v) is 8.90. The second-order valence-corrected chi connectivity index (χ2v) is 6.46. The van der Waals surface area contributed by atoms with Crippen molar-refractivity contribution in [2.75, 3.05) is 18.7 Å². The molecule has 1 aromatic carbocycles. The second-order valence-electron chi connectivity index (χ2n) is 6.46. The van der Waals surface area contributed by atoms with Crippen LogP contribution in [-0.4, -0.2) is 35.6 Å². The Balaban J connectivity index is 1.68. The van der Waals surface area contributed by atoms with E-state index in [9.17, 15) is 14.4 Å². The fourth-order valence-corrected chi connectivity index (χ4v) is 3.23. The Morgan fingerprint density at radius 3 is 2.39 bits per heavy atom. The minimum Gasteiger partial charge on any atom is -0.454 e. The van der Waals surface area contributed by atoms with E-state index in [1.807, 2.05) is 25.3 Å². The van der Waals surface area contributed by atoms with Gasteiger partial charge in [-0.25, -0.2) is 4.79 Å². The van der Waals surface area contributed by atoms with Crippen molar-refractivity contribution in [1.29, 1.82) is 0 Å². The molecular formula is C20H22N2O6. The van der Waals surface area contributed by atoms with Crippen LogP contribution in [0.15, 0.2) is 18.2 Å². The predicted molar refractivity (Wildman–Crippen MR) is 101 cm³/mol. The first-order chi connectivity index (χ1) is 13.3. The zero-order chi connectivity index (χ0) is 20.4. The first-order valence-electron chi connectivity index (χ1n) is 8.90. The normalized spacial score (nSPS) is 12.0. The molecule has 0 unspecified atom stereocenters. The van der Waals surface area contributed by atoms with Crippen LogP contribution >= 0.6 is 0 Å². The molecule has 0 fully saturated rings. The molecule has 2 aromatic rings. The van der Waals surface area contributed by atoms with E-state index in [1.54, 1.807) is 6.07 Å². The lowest BCUT2D eigenvalue weighted by Gasteiger charge is -2.11. The smallest absolute Gasteiger partial charge is 0.340 e. The van der Waals surface area contributed by atoms with E-state index in [4.69, 9.17) is 14.2 Å². The maximum atomic E-state index is 12.3. The molecule has 28 heavy (non-hydrogen) atoms. The highest BCUT2D eigenvalue weighted by Crippen LogP contribution is 2.37. The molecule has 8 heteroatoms. The largest absolute Gasteiger partial charge is 0.454 e. The molecule has 0 aliphatic carbocycles. The standard InChI is InChI=1S/C20H22N2O6/c1-5-22-11(2)6-14(12(22)3)20(25)26-9-19(24)21-16-8-18-17(27-10-28-18)7-15(16)13(4)23/h6-8H,5,9-10H2,1-4H3,(H,21,24). The van der Waals surface area contributed by atoms with E-state index < -0.39 is 18.5 Å². The molecule has 0 bridgehead atoms. The summed E-state index contributed by atoms with van der Waals surface area (Å²) in [7, 11) is 0. The van der Waals surface area contributed by atoms with Crippen molar-refractivity contribution in [3.63, 3.8) is 0 Å². The third-order valence-corrected chi connectivity index (χ3v) is 4.61. The van der Waals surface area contributed by atoms with Gasteiger partial charge in [0, 0.05) is 29.6 Å². The summed E-state index contributed by atoms with van der Waals surface area (Å²) in [6.45, 7) is 7.43. The molecule has 1 aliphatic heterocycles. The number of aryl methyl sites for hydroxylation is 1. The molecule has 1 N–H and O–H groups in total. The van der Waals surface area contributed by atoms with E-state index >= 15 is 0 Å². The van der Waals surface area contributed by atoms with Crippen molar-refractivity contribution in [3.05, 3.63) is 40.7 Å². The summed E-state index contributed by atoms with van der Waals surface area (Å²) in [5, 5.41) is 2.59. The number of Topliss-reactive ketones (excluding diaryl/α,β-unsaturated/α-hetero) is 1. The number of ether oxygens (including phenoxy) is 3. The van der Waals surface area contributed by atoms with Gasteiger partial charge in [-0.1, -0.05) is 0 Å². The number of benzene rings is 1. The highest BCUT2D eigenvalue weighted by atomic mass is 16.7. The van der Waals surface area contributed by atoms with Crippen molar-refractivity contribution >= 4 is 23.3 Å². The Labute approximate surface area is 162 Å². The monoisotopic (exact) mass is 386 g/mol. The summed E-state index contributed by atoms with van der Waals surface area (Å²) >= 11 is 0. The number of fused-ring (bicyclic) bond motifs is 1. The van der Waals surface area contributed by atoms with Crippen LogP contribution in [0.3, 0.4) is 0 Å². The number of hydrogen-bond donors (Lipinski definition) is 1. The van der Waals surface area contributed by atoms with Gasteiger partial charge in [0.2, 0.25) is 6.79 Å². The van der Waals surface area contributed by atoms with Crippen LogP contribution in [0.4, 0.5) is 5.69 Å². The highest BCUT2D eigenvalue weighted by Gasteiger charge is 2.21. The van der Waals surface area contributed by atoms with Gasteiger partial charge in [-0.2, -0.15) is 0 Å². The molecule has 0 saturated carbocycles. The van der Waals surface area contributed by atoms with Gasteiger partial charge in [0.05, 0.1) is 11.3 Å². The Morgan fingerprint density at radius 1 is 1.11 bits per heavy atom. The zero-order valence-electron chi connectivity index (χ0n) is 16.3. The number of carbonyl (C=O) groups is 3. The number of aromatic nitrogens is 1. The van der Waals surface area contributed by atoms with E-state index in [0.717, 1.165) is 17.9 Å². The third kappa shape index (κ3) is 3.71. The lowest BCUT2D eigenvalue weighted by atomic mass is 10.1. The number of hydrogen-bond acceptors (Lipinski definition) is 6. The van der Waals surface area contributed by atoms with Crippen molar-refractivity contribution in [2.24, 2.45) is 0 Å². The number of amides is 1. The molecule has 2 heterocycles. The zero-order valence-corrected chi connectivity index (χ0v) is 16.3. The summed E-state index contributed by atoms with van der Waals surface area (Å²) in [4.78, 5) is 36.4. The average molecular weight is 386 g/mol. The fraction of sp³-hybridized carbons (Fsp3) is 0.350. The second kappa shape index (κ2) is 7.75. The van der Waals surface area contributed by atoms with Crippen LogP contribution in [0, 0.1) is 13.8 Å². The van der Waals surface area contributed by atoms with Crippen LogP contribution < -0.4 is 14.8 Å². The lowest BCUT2D eigenvalue weighted by molar-refractivity contribution is -0.119. The van der Waals surface area contributed by atoms with Gasteiger partial charge in [0.15, 0.2) is 23.9 Å². The molecule has 0 atom stereocenters. The van der Waals surface area contributed by atoms with Crippen LogP contribution in [0.1, 0.15) is 46.0 Å². The number of rotatable bonds is 6.